The van der Waals surface area contributed by atoms with E-state index in [0.717, 1.165) is 17.3 Å². The third-order valence-corrected chi connectivity index (χ3v) is 4.67. The molecule has 3 aromatic rings. The SMILES string of the molecule is CC[C@H](C)[C@@H](c1nc(C(=O)O)c(-c2c[nH]c3ccccc23)o1)N(C)C. The molecular formula is C19H23N3O3. The molecular weight excluding hydrogens is 318 g/mol. The van der Waals surface area contributed by atoms with E-state index in [9.17, 15) is 9.90 Å². The number of oxazole rings is 1. The summed E-state index contributed by atoms with van der Waals surface area (Å²) < 4.78 is 6.02. The van der Waals surface area contributed by atoms with Crippen molar-refractivity contribution in [1.29, 1.82) is 0 Å². The highest BCUT2D eigenvalue weighted by molar-refractivity contribution is 6.00. The second kappa shape index (κ2) is 6.72. The summed E-state index contributed by atoms with van der Waals surface area (Å²) >= 11 is 0. The van der Waals surface area contributed by atoms with Crippen molar-refractivity contribution in [3.8, 4) is 11.3 Å². The number of nitrogens with one attached hydrogen (secondary N) is 1. The topological polar surface area (TPSA) is 82.4 Å². The number of H-pyrrole nitrogens is 1. The molecule has 0 aliphatic carbocycles. The van der Waals surface area contributed by atoms with Crippen molar-refractivity contribution in [3.05, 3.63) is 42.0 Å². The van der Waals surface area contributed by atoms with Crippen molar-refractivity contribution < 1.29 is 14.3 Å². The Morgan fingerprint density at radius 1 is 1.36 bits per heavy atom. The van der Waals surface area contributed by atoms with Gasteiger partial charge >= 0.3 is 5.97 Å². The van der Waals surface area contributed by atoms with Crippen LogP contribution < -0.4 is 0 Å². The van der Waals surface area contributed by atoms with Gasteiger partial charge in [-0.15, -0.1) is 0 Å². The first-order valence-corrected chi connectivity index (χ1v) is 8.41. The maximum Gasteiger partial charge on any atom is 0.358 e. The standard InChI is InChI=1S/C19H23N3O3/c1-5-11(2)16(22(3)4)18-21-15(19(23)24)17(25-18)13-10-20-14-9-7-6-8-12(13)14/h6-11,16,20H,5H2,1-4H3,(H,23,24)/t11-,16-/m0/s1. The average molecular weight is 341 g/mol. The lowest BCUT2D eigenvalue weighted by Crippen LogP contribution is -2.26. The fourth-order valence-corrected chi connectivity index (χ4v) is 3.25. The Bertz CT molecular complexity index is 894. The Morgan fingerprint density at radius 2 is 2.08 bits per heavy atom. The number of para-hydroxylation sites is 1. The lowest BCUT2D eigenvalue weighted by atomic mass is 9.98. The van der Waals surface area contributed by atoms with Gasteiger partial charge in [0.25, 0.3) is 0 Å². The number of aromatic carboxylic acids is 1. The number of benzene rings is 1. The van der Waals surface area contributed by atoms with Crippen LogP contribution in [0.15, 0.2) is 34.9 Å². The number of hydrogen-bond acceptors (Lipinski definition) is 4. The first kappa shape index (κ1) is 17.2. The molecule has 0 amide bonds. The van der Waals surface area contributed by atoms with Gasteiger partial charge in [-0.2, -0.15) is 0 Å². The van der Waals surface area contributed by atoms with Crippen molar-refractivity contribution in [2.45, 2.75) is 26.3 Å². The Balaban J connectivity index is 2.17. The van der Waals surface area contributed by atoms with E-state index in [-0.39, 0.29) is 17.7 Å². The molecule has 2 heterocycles. The molecule has 0 unspecified atom stereocenters. The summed E-state index contributed by atoms with van der Waals surface area (Å²) in [5.74, 6) is -0.0600. The van der Waals surface area contributed by atoms with Gasteiger partial charge in [0.1, 0.15) is 0 Å². The van der Waals surface area contributed by atoms with Crippen molar-refractivity contribution >= 4 is 16.9 Å². The summed E-state index contributed by atoms with van der Waals surface area (Å²) in [5, 5.41) is 10.5. The minimum absolute atomic E-state index is 0.0464. The number of hydrogen-bond donors (Lipinski definition) is 2. The molecule has 25 heavy (non-hydrogen) atoms. The van der Waals surface area contributed by atoms with Gasteiger partial charge < -0.3 is 14.5 Å². The summed E-state index contributed by atoms with van der Waals surface area (Å²) in [6, 6.07) is 7.64. The Morgan fingerprint density at radius 3 is 2.72 bits per heavy atom. The van der Waals surface area contributed by atoms with Gasteiger partial charge in [0.05, 0.1) is 6.04 Å². The number of aromatic nitrogens is 2. The number of carbonyl (C=O) groups is 1. The van der Waals surface area contributed by atoms with Crippen LogP contribution in [0.2, 0.25) is 0 Å². The highest BCUT2D eigenvalue weighted by Gasteiger charge is 2.30. The van der Waals surface area contributed by atoms with E-state index in [1.807, 2.05) is 43.3 Å². The van der Waals surface area contributed by atoms with Crippen LogP contribution in [0.5, 0.6) is 0 Å². The quantitative estimate of drug-likeness (QED) is 0.703. The van der Waals surface area contributed by atoms with E-state index < -0.39 is 5.97 Å². The lowest BCUT2D eigenvalue weighted by molar-refractivity contribution is 0.0691. The summed E-state index contributed by atoms with van der Waals surface area (Å²) in [5.41, 5.74) is 1.60. The van der Waals surface area contributed by atoms with Gasteiger partial charge in [-0.05, 0) is 26.1 Å². The smallest absolute Gasteiger partial charge is 0.358 e. The van der Waals surface area contributed by atoms with E-state index in [4.69, 9.17) is 4.42 Å². The molecule has 3 rings (SSSR count). The summed E-state index contributed by atoms with van der Waals surface area (Å²) in [6.07, 6.45) is 2.71. The molecule has 0 spiro atoms. The molecule has 0 saturated heterocycles. The number of carboxylic acids is 1. The number of aromatic amines is 1. The van der Waals surface area contributed by atoms with Crippen molar-refractivity contribution in [1.82, 2.24) is 14.9 Å². The molecule has 2 atom stereocenters. The van der Waals surface area contributed by atoms with Crippen molar-refractivity contribution in [3.63, 3.8) is 0 Å². The normalized spacial score (nSPS) is 14.1. The number of nitrogens with zero attached hydrogens (tertiary/aromatic N) is 2. The second-order valence-corrected chi connectivity index (χ2v) is 6.58. The molecule has 6 heteroatoms. The molecule has 132 valence electrons. The van der Waals surface area contributed by atoms with Crippen LogP contribution in [-0.4, -0.2) is 40.0 Å². The minimum atomic E-state index is -1.09. The van der Waals surface area contributed by atoms with Crippen LogP contribution in [0.3, 0.4) is 0 Å². The van der Waals surface area contributed by atoms with Crippen LogP contribution in [0, 0.1) is 5.92 Å². The largest absolute Gasteiger partial charge is 0.476 e. The molecule has 0 fully saturated rings. The maximum atomic E-state index is 11.8. The van der Waals surface area contributed by atoms with Gasteiger partial charge in [0.15, 0.2) is 11.5 Å². The Kier molecular flexibility index (Phi) is 4.63. The molecule has 0 saturated carbocycles. The highest BCUT2D eigenvalue weighted by Crippen LogP contribution is 2.36. The Hall–Kier alpha value is -2.60. The molecule has 0 aliphatic rings. The van der Waals surface area contributed by atoms with Gasteiger partial charge in [0, 0.05) is 22.7 Å². The predicted octanol–water partition coefficient (Wildman–Crippen LogP) is 4.17. The fourth-order valence-electron chi connectivity index (χ4n) is 3.25. The van der Waals surface area contributed by atoms with Crippen LogP contribution in [0.1, 0.15) is 42.7 Å². The molecule has 6 nitrogen and oxygen atoms in total. The van der Waals surface area contributed by atoms with Crippen LogP contribution in [-0.2, 0) is 0 Å². The van der Waals surface area contributed by atoms with Crippen LogP contribution >= 0.6 is 0 Å². The van der Waals surface area contributed by atoms with Crippen molar-refractivity contribution in [2.75, 3.05) is 14.1 Å². The number of carboxylic acid groups (broad SMARTS) is 1. The zero-order chi connectivity index (χ0) is 18.1. The van der Waals surface area contributed by atoms with E-state index >= 15 is 0 Å². The van der Waals surface area contributed by atoms with Crippen LogP contribution in [0.4, 0.5) is 0 Å². The lowest BCUT2D eigenvalue weighted by Gasteiger charge is -2.26. The minimum Gasteiger partial charge on any atom is -0.476 e. The maximum absolute atomic E-state index is 11.8. The molecule has 0 bridgehead atoms. The third-order valence-electron chi connectivity index (χ3n) is 4.67. The number of fused-ring (bicyclic) bond motifs is 1. The van der Waals surface area contributed by atoms with E-state index in [2.05, 4.69) is 23.8 Å². The van der Waals surface area contributed by atoms with Gasteiger partial charge in [0.2, 0.25) is 5.89 Å². The average Bonchev–Trinajstić information content (AvgIpc) is 3.18. The van der Waals surface area contributed by atoms with Gasteiger partial charge in [-0.25, -0.2) is 9.78 Å². The molecule has 2 aromatic heterocycles. The zero-order valence-electron chi connectivity index (χ0n) is 14.9. The van der Waals surface area contributed by atoms with Gasteiger partial charge in [-0.1, -0.05) is 38.5 Å². The predicted molar refractivity (Wildman–Crippen MR) is 96.6 cm³/mol. The summed E-state index contributed by atoms with van der Waals surface area (Å²) in [7, 11) is 3.90. The first-order chi connectivity index (χ1) is 11.9. The van der Waals surface area contributed by atoms with E-state index in [0.29, 0.717) is 17.2 Å². The fraction of sp³-hybridized carbons (Fsp3) is 0.368. The Labute approximate surface area is 146 Å². The molecule has 0 radical (unpaired) electrons. The van der Waals surface area contributed by atoms with E-state index in [1.54, 1.807) is 6.20 Å². The van der Waals surface area contributed by atoms with Crippen molar-refractivity contribution in [2.24, 2.45) is 5.92 Å². The highest BCUT2D eigenvalue weighted by atomic mass is 16.4. The second-order valence-electron chi connectivity index (χ2n) is 6.58. The molecule has 1 aromatic carbocycles. The molecule has 2 N–H and O–H groups in total. The monoisotopic (exact) mass is 341 g/mol. The summed E-state index contributed by atoms with van der Waals surface area (Å²) in [4.78, 5) is 21.3. The zero-order valence-corrected chi connectivity index (χ0v) is 14.9. The van der Waals surface area contributed by atoms with Gasteiger partial charge in [-0.3, -0.25) is 4.90 Å². The first-order valence-electron chi connectivity index (χ1n) is 8.41. The van der Waals surface area contributed by atoms with Crippen LogP contribution in [0.25, 0.3) is 22.2 Å². The number of rotatable bonds is 6. The molecule has 0 aliphatic heterocycles. The summed E-state index contributed by atoms with van der Waals surface area (Å²) in [6.45, 7) is 4.21. The van der Waals surface area contributed by atoms with E-state index in [1.165, 1.54) is 0 Å². The third kappa shape index (κ3) is 3.05.